The van der Waals surface area contributed by atoms with Gasteiger partial charge in [0.05, 0.1) is 28.4 Å². The third kappa shape index (κ3) is 7.07. The van der Waals surface area contributed by atoms with Gasteiger partial charge >= 0.3 is 0 Å². The van der Waals surface area contributed by atoms with E-state index in [1.807, 2.05) is 0 Å². The monoisotopic (exact) mass is 1070 g/mol. The van der Waals surface area contributed by atoms with Gasteiger partial charge in [-0.1, -0.05) is 160 Å². The third-order valence-corrected chi connectivity index (χ3v) is 17.5. The van der Waals surface area contributed by atoms with Gasteiger partial charge in [-0.3, -0.25) is 0 Å². The van der Waals surface area contributed by atoms with Crippen molar-refractivity contribution in [3.8, 4) is 0 Å². The zero-order valence-corrected chi connectivity index (χ0v) is 46.1. The van der Waals surface area contributed by atoms with Gasteiger partial charge < -0.3 is 33.3 Å². The number of rotatable bonds is 7. The molecular weight excluding hydrogens is 1010 g/mol. The molecule has 17 rings (SSSR count). The van der Waals surface area contributed by atoms with E-state index in [-0.39, 0.29) is 18.8 Å². The molecule has 9 heteroatoms. The second-order valence-corrected chi connectivity index (χ2v) is 23.2. The Bertz CT molecular complexity index is 4660. The van der Waals surface area contributed by atoms with Gasteiger partial charge in [-0.2, -0.15) is 0 Å². The van der Waals surface area contributed by atoms with Crippen molar-refractivity contribution in [3.05, 3.63) is 272 Å². The number of nitrogens with zero attached hydrogens (tertiary/aromatic N) is 5. The molecule has 0 saturated heterocycles. The molecule has 7 nitrogen and oxygen atoms in total. The highest BCUT2D eigenvalue weighted by Gasteiger charge is 2.52. The maximum Gasteiger partial charge on any atom is 0.297 e. The molecule has 6 heterocycles. The second kappa shape index (κ2) is 18.1. The predicted molar refractivity (Wildman–Crippen MR) is 347 cm³/mol. The number of benzene rings is 11. The minimum Gasteiger partial charge on any atom is -0.468 e. The van der Waals surface area contributed by atoms with Crippen molar-refractivity contribution in [3.63, 3.8) is 0 Å². The highest BCUT2D eigenvalue weighted by molar-refractivity contribution is 7.02. The number of anilines is 15. The lowest BCUT2D eigenvalue weighted by molar-refractivity contribution is 0.590. The van der Waals surface area contributed by atoms with Crippen molar-refractivity contribution in [2.45, 2.75) is 26.2 Å². The highest BCUT2D eigenvalue weighted by Crippen LogP contribution is 2.53. The lowest BCUT2D eigenvalue weighted by Crippen LogP contribution is -2.65. The van der Waals surface area contributed by atoms with Crippen molar-refractivity contribution in [1.82, 2.24) is 0 Å². The van der Waals surface area contributed by atoms with E-state index in [9.17, 15) is 0 Å². The first-order chi connectivity index (χ1) is 40.9. The number of hydrogen-bond acceptors (Lipinski definition) is 7. The SMILES string of the molecule is CC(C)(C)c1cc2c3c(c1)N(c1ccccc1)c1c(oc4ccccc14)B3c1cc3c(cc1N2c1ccccc1)N(c1ccccc1)c1cc(N(c2ccccc2)c2ccccc2)cc2c1B3c1oc3ccccc3c1N2c1ccccc1. The van der Waals surface area contributed by atoms with Crippen molar-refractivity contribution in [2.24, 2.45) is 0 Å². The van der Waals surface area contributed by atoms with Crippen LogP contribution in [0.1, 0.15) is 26.3 Å². The normalized spacial score (nSPS) is 13.6. The molecule has 13 aromatic rings. The van der Waals surface area contributed by atoms with Gasteiger partial charge in [0, 0.05) is 79.0 Å². The Kier molecular flexibility index (Phi) is 10.3. The van der Waals surface area contributed by atoms with E-state index in [2.05, 4.69) is 312 Å². The van der Waals surface area contributed by atoms with Crippen molar-refractivity contribution < 1.29 is 8.83 Å². The molecule has 0 aliphatic carbocycles. The van der Waals surface area contributed by atoms with E-state index in [0.717, 1.165) is 135 Å². The van der Waals surface area contributed by atoms with Crippen molar-refractivity contribution >= 4 is 154 Å². The fourth-order valence-electron chi connectivity index (χ4n) is 13.9. The van der Waals surface area contributed by atoms with E-state index in [1.165, 1.54) is 11.0 Å². The summed E-state index contributed by atoms with van der Waals surface area (Å²) in [6, 6.07) is 97.1. The van der Waals surface area contributed by atoms with Crippen molar-refractivity contribution in [1.29, 1.82) is 0 Å². The van der Waals surface area contributed by atoms with Crippen LogP contribution in [0.5, 0.6) is 0 Å². The minimum atomic E-state index is -0.340. The smallest absolute Gasteiger partial charge is 0.297 e. The van der Waals surface area contributed by atoms with Crippen LogP contribution >= 0.6 is 0 Å². The van der Waals surface area contributed by atoms with Gasteiger partial charge in [-0.05, 0) is 160 Å². The molecule has 11 aromatic carbocycles. The second-order valence-electron chi connectivity index (χ2n) is 23.2. The van der Waals surface area contributed by atoms with E-state index in [1.54, 1.807) is 0 Å². The minimum absolute atomic E-state index is 0.198. The number of para-hydroxylation sites is 8. The molecule has 0 spiro atoms. The summed E-state index contributed by atoms with van der Waals surface area (Å²) >= 11 is 0. The quantitative estimate of drug-likeness (QED) is 0.147. The Morgan fingerprint density at radius 1 is 0.325 bits per heavy atom. The van der Waals surface area contributed by atoms with Crippen LogP contribution in [0.2, 0.25) is 0 Å². The van der Waals surface area contributed by atoms with E-state index in [4.69, 9.17) is 8.83 Å². The Morgan fingerprint density at radius 3 is 1.07 bits per heavy atom. The average molecular weight is 1070 g/mol. The van der Waals surface area contributed by atoms with Crippen LogP contribution in [-0.4, -0.2) is 13.4 Å². The molecule has 0 bridgehead atoms. The van der Waals surface area contributed by atoms with Gasteiger partial charge in [-0.15, -0.1) is 0 Å². The molecule has 0 N–H and O–H groups in total. The molecule has 4 aliphatic rings. The molecular formula is C74H53B2N5O2. The zero-order chi connectivity index (χ0) is 55.1. The number of fused-ring (bicyclic) bond motifs is 12. The summed E-state index contributed by atoms with van der Waals surface area (Å²) in [7, 11) is 0. The number of furan rings is 2. The average Bonchev–Trinajstić information content (AvgIpc) is 1.90. The van der Waals surface area contributed by atoms with Gasteiger partial charge in [0.25, 0.3) is 13.4 Å². The molecule has 0 amide bonds. The molecule has 0 saturated carbocycles. The molecule has 4 aliphatic heterocycles. The maximum atomic E-state index is 7.48. The fourth-order valence-corrected chi connectivity index (χ4v) is 13.9. The Hall–Kier alpha value is -10.4. The topological polar surface area (TPSA) is 42.5 Å². The van der Waals surface area contributed by atoms with Crippen LogP contribution in [0.25, 0.3) is 21.9 Å². The molecule has 2 aromatic heterocycles. The zero-order valence-electron chi connectivity index (χ0n) is 46.1. The van der Waals surface area contributed by atoms with Gasteiger partial charge in [0.1, 0.15) is 11.2 Å². The van der Waals surface area contributed by atoms with E-state index >= 15 is 0 Å². The largest absolute Gasteiger partial charge is 0.468 e. The van der Waals surface area contributed by atoms with E-state index < -0.39 is 0 Å². The lowest BCUT2D eigenvalue weighted by atomic mass is 9.32. The Labute approximate surface area is 483 Å². The van der Waals surface area contributed by atoms with E-state index in [0.29, 0.717) is 0 Å². The molecule has 0 radical (unpaired) electrons. The highest BCUT2D eigenvalue weighted by atomic mass is 16.3. The summed E-state index contributed by atoms with van der Waals surface area (Å²) < 4.78 is 14.9. The van der Waals surface area contributed by atoms with Crippen LogP contribution in [-0.2, 0) is 5.41 Å². The van der Waals surface area contributed by atoms with Crippen LogP contribution in [0.4, 0.5) is 85.3 Å². The van der Waals surface area contributed by atoms with Crippen LogP contribution in [0, 0.1) is 0 Å². The molecule has 0 fully saturated rings. The van der Waals surface area contributed by atoms with Gasteiger partial charge in [0.15, 0.2) is 0 Å². The lowest BCUT2D eigenvalue weighted by Gasteiger charge is -2.46. The summed E-state index contributed by atoms with van der Waals surface area (Å²) in [6.07, 6.45) is 0. The van der Waals surface area contributed by atoms with Gasteiger partial charge in [0.2, 0.25) is 0 Å². The Balaban J connectivity index is 1.03. The summed E-state index contributed by atoms with van der Waals surface area (Å²) in [5.41, 5.74) is 25.4. The first-order valence-corrected chi connectivity index (χ1v) is 28.7. The third-order valence-electron chi connectivity index (χ3n) is 17.5. The summed E-state index contributed by atoms with van der Waals surface area (Å²) in [6.45, 7) is 6.35. The number of hydrogen-bond donors (Lipinski definition) is 0. The first kappa shape index (κ1) is 47.4. The summed E-state index contributed by atoms with van der Waals surface area (Å²) in [5.74, 6) is 0. The molecule has 392 valence electrons. The molecule has 0 unspecified atom stereocenters. The summed E-state index contributed by atoms with van der Waals surface area (Å²) in [4.78, 5) is 12.4. The molecule has 83 heavy (non-hydrogen) atoms. The standard InChI is InChI=1S/C74H53B2N5O2/c1-74(2,3)48-42-62-68-63(43-48)80(53-34-18-8-19-35-53)70-56-38-22-24-40-66(56)82-72(70)75(68)58-46-59-61(47-60(58)78(62)51-30-14-6-15-31-51)79(52-32-16-7-17-33-52)64-44-55(77(49-26-10-4-11-27-49)50-28-12-5-13-29-50)45-65-69(64)76(59)73-71(57-39-23-25-41-67(57)83-73)81(65)54-36-20-9-21-37-54/h4-47H,1-3H3. The van der Waals surface area contributed by atoms with Crippen LogP contribution < -0.4 is 57.7 Å². The van der Waals surface area contributed by atoms with Crippen molar-refractivity contribution in [2.75, 3.05) is 24.5 Å². The predicted octanol–water partition coefficient (Wildman–Crippen LogP) is 16.1. The first-order valence-electron chi connectivity index (χ1n) is 28.7. The fraction of sp³-hybridized carbons (Fsp3) is 0.0541. The summed E-state index contributed by atoms with van der Waals surface area (Å²) in [5, 5.41) is 2.13. The van der Waals surface area contributed by atoms with Crippen LogP contribution in [0.3, 0.4) is 0 Å². The Morgan fingerprint density at radius 2 is 0.663 bits per heavy atom. The maximum absolute atomic E-state index is 7.48. The van der Waals surface area contributed by atoms with Gasteiger partial charge in [-0.25, -0.2) is 0 Å². The van der Waals surface area contributed by atoms with Crippen LogP contribution in [0.15, 0.2) is 276 Å². The molecule has 0 atom stereocenters.